The number of sulfonamides is 1. The predicted octanol–water partition coefficient (Wildman–Crippen LogP) is 1.53. The number of anilines is 1. The van der Waals surface area contributed by atoms with E-state index in [9.17, 15) is 18.0 Å². The Labute approximate surface area is 158 Å². The van der Waals surface area contributed by atoms with Gasteiger partial charge in [0.1, 0.15) is 0 Å². The average molecular weight is 390 g/mol. The number of hydrogen-bond donors (Lipinski definition) is 3. The Balaban J connectivity index is 1.94. The largest absolute Gasteiger partial charge is 0.354 e. The van der Waals surface area contributed by atoms with Crippen molar-refractivity contribution in [2.75, 3.05) is 11.3 Å². The Kier molecular flexibility index (Phi) is 6.89. The molecule has 27 heavy (non-hydrogen) atoms. The van der Waals surface area contributed by atoms with Crippen LogP contribution in [-0.2, 0) is 14.8 Å². The molecule has 2 rings (SSSR count). The number of hydrogen-bond acceptors (Lipinski definition) is 5. The summed E-state index contributed by atoms with van der Waals surface area (Å²) in [6.45, 7) is 3.91. The molecular formula is C18H22N4O4S. The fourth-order valence-electron chi connectivity index (χ4n) is 2.21. The van der Waals surface area contributed by atoms with Crippen molar-refractivity contribution in [2.24, 2.45) is 0 Å². The van der Waals surface area contributed by atoms with Crippen LogP contribution in [0.25, 0.3) is 0 Å². The van der Waals surface area contributed by atoms with Gasteiger partial charge in [0, 0.05) is 37.0 Å². The highest BCUT2D eigenvalue weighted by atomic mass is 32.2. The molecule has 0 aliphatic rings. The Morgan fingerprint density at radius 1 is 1.04 bits per heavy atom. The van der Waals surface area contributed by atoms with Crippen LogP contribution < -0.4 is 15.4 Å². The van der Waals surface area contributed by atoms with E-state index in [4.69, 9.17) is 0 Å². The van der Waals surface area contributed by atoms with E-state index in [1.165, 1.54) is 48.8 Å². The van der Waals surface area contributed by atoms with E-state index in [-0.39, 0.29) is 35.7 Å². The molecule has 9 heteroatoms. The van der Waals surface area contributed by atoms with E-state index in [0.717, 1.165) is 0 Å². The zero-order valence-electron chi connectivity index (χ0n) is 15.1. The monoisotopic (exact) mass is 390 g/mol. The second-order valence-corrected chi connectivity index (χ2v) is 7.78. The summed E-state index contributed by atoms with van der Waals surface area (Å²) in [6, 6.07) is 8.66. The molecule has 144 valence electrons. The summed E-state index contributed by atoms with van der Waals surface area (Å²) in [7, 11) is -3.76. The van der Waals surface area contributed by atoms with Crippen LogP contribution in [0.5, 0.6) is 0 Å². The van der Waals surface area contributed by atoms with Gasteiger partial charge in [-0.2, -0.15) is 0 Å². The summed E-state index contributed by atoms with van der Waals surface area (Å²) in [5, 5.41) is 5.36. The summed E-state index contributed by atoms with van der Waals surface area (Å²) in [5.41, 5.74) is 0.702. The van der Waals surface area contributed by atoms with E-state index < -0.39 is 10.0 Å². The van der Waals surface area contributed by atoms with Crippen molar-refractivity contribution in [2.45, 2.75) is 31.2 Å². The van der Waals surface area contributed by atoms with Gasteiger partial charge in [-0.3, -0.25) is 19.3 Å². The lowest BCUT2D eigenvalue weighted by Gasteiger charge is -2.10. The van der Waals surface area contributed by atoms with Gasteiger partial charge >= 0.3 is 0 Å². The fraction of sp³-hybridized carbons (Fsp3) is 0.278. The number of amides is 2. The van der Waals surface area contributed by atoms with Crippen molar-refractivity contribution in [3.63, 3.8) is 0 Å². The van der Waals surface area contributed by atoms with E-state index in [1.54, 1.807) is 0 Å². The molecule has 3 N–H and O–H groups in total. The lowest BCUT2D eigenvalue weighted by Crippen LogP contribution is -2.34. The van der Waals surface area contributed by atoms with E-state index in [1.807, 2.05) is 13.8 Å². The van der Waals surface area contributed by atoms with E-state index in [2.05, 4.69) is 20.3 Å². The highest BCUT2D eigenvalue weighted by molar-refractivity contribution is 7.92. The molecule has 0 spiro atoms. The molecule has 2 aromatic rings. The number of nitrogens with zero attached hydrogens (tertiary/aromatic N) is 1. The number of carbonyl (C=O) groups excluding carboxylic acids is 2. The molecule has 1 aromatic heterocycles. The van der Waals surface area contributed by atoms with Crippen molar-refractivity contribution in [3.05, 3.63) is 54.4 Å². The molecule has 8 nitrogen and oxygen atoms in total. The van der Waals surface area contributed by atoms with Crippen LogP contribution in [-0.4, -0.2) is 37.8 Å². The fourth-order valence-corrected chi connectivity index (χ4v) is 3.26. The van der Waals surface area contributed by atoms with Gasteiger partial charge in [0.2, 0.25) is 5.91 Å². The maximum atomic E-state index is 12.3. The van der Waals surface area contributed by atoms with Gasteiger partial charge in [-0.25, -0.2) is 8.42 Å². The number of nitrogens with one attached hydrogen (secondary N) is 3. The minimum absolute atomic E-state index is 0.0344. The first kappa shape index (κ1) is 20.4. The Morgan fingerprint density at radius 3 is 2.26 bits per heavy atom. The van der Waals surface area contributed by atoms with Gasteiger partial charge in [0.15, 0.2) is 0 Å². The van der Waals surface area contributed by atoms with E-state index in [0.29, 0.717) is 11.3 Å². The van der Waals surface area contributed by atoms with Crippen LogP contribution in [0.1, 0.15) is 30.6 Å². The zero-order chi connectivity index (χ0) is 19.9. The van der Waals surface area contributed by atoms with Gasteiger partial charge in [-0.1, -0.05) is 0 Å². The third-order valence-electron chi connectivity index (χ3n) is 3.45. The SMILES string of the molecule is CC(C)NC(=O)CCNC(=O)c1ccc(S(=O)(=O)Nc2ccncc2)cc1. The number of pyridine rings is 1. The third-order valence-corrected chi connectivity index (χ3v) is 4.84. The van der Waals surface area contributed by atoms with Crippen molar-refractivity contribution in [3.8, 4) is 0 Å². The van der Waals surface area contributed by atoms with Gasteiger partial charge in [-0.15, -0.1) is 0 Å². The smallest absolute Gasteiger partial charge is 0.261 e. The zero-order valence-corrected chi connectivity index (χ0v) is 15.9. The quantitative estimate of drug-likeness (QED) is 0.632. The summed E-state index contributed by atoms with van der Waals surface area (Å²) < 4.78 is 27.1. The second-order valence-electron chi connectivity index (χ2n) is 6.09. The number of aromatic nitrogens is 1. The molecule has 1 heterocycles. The average Bonchev–Trinajstić information content (AvgIpc) is 2.61. The second kappa shape index (κ2) is 9.13. The molecule has 0 saturated carbocycles. The summed E-state index contributed by atoms with van der Waals surface area (Å²) in [4.78, 5) is 27.5. The van der Waals surface area contributed by atoms with Crippen LogP contribution in [0.4, 0.5) is 5.69 Å². The number of rotatable bonds is 8. The molecule has 0 atom stereocenters. The van der Waals surface area contributed by atoms with Gasteiger partial charge in [0.25, 0.3) is 15.9 Å². The van der Waals surface area contributed by atoms with Crippen LogP contribution in [0.2, 0.25) is 0 Å². The topological polar surface area (TPSA) is 117 Å². The lowest BCUT2D eigenvalue weighted by molar-refractivity contribution is -0.121. The van der Waals surface area contributed by atoms with Gasteiger partial charge in [0.05, 0.1) is 10.6 Å². The lowest BCUT2D eigenvalue weighted by atomic mass is 10.2. The van der Waals surface area contributed by atoms with Crippen LogP contribution in [0.3, 0.4) is 0 Å². The van der Waals surface area contributed by atoms with Crippen molar-refractivity contribution < 1.29 is 18.0 Å². The Morgan fingerprint density at radius 2 is 1.67 bits per heavy atom. The Hall–Kier alpha value is -2.94. The first-order valence-corrected chi connectivity index (χ1v) is 9.87. The first-order chi connectivity index (χ1) is 12.8. The highest BCUT2D eigenvalue weighted by Crippen LogP contribution is 2.15. The molecule has 0 bridgehead atoms. The molecule has 1 aromatic carbocycles. The number of carbonyl (C=O) groups is 2. The minimum Gasteiger partial charge on any atom is -0.354 e. The molecule has 0 saturated heterocycles. The van der Waals surface area contributed by atoms with Gasteiger partial charge < -0.3 is 10.6 Å². The number of benzene rings is 1. The van der Waals surface area contributed by atoms with Crippen molar-refractivity contribution in [1.82, 2.24) is 15.6 Å². The molecule has 0 radical (unpaired) electrons. The molecule has 2 amide bonds. The summed E-state index contributed by atoms with van der Waals surface area (Å²) in [5.74, 6) is -0.521. The van der Waals surface area contributed by atoms with Crippen LogP contribution in [0.15, 0.2) is 53.7 Å². The maximum Gasteiger partial charge on any atom is 0.261 e. The molecule has 0 aliphatic carbocycles. The predicted molar refractivity (Wildman–Crippen MR) is 102 cm³/mol. The maximum absolute atomic E-state index is 12.3. The van der Waals surface area contributed by atoms with Crippen LogP contribution >= 0.6 is 0 Å². The Bertz CT molecular complexity index is 881. The first-order valence-electron chi connectivity index (χ1n) is 8.38. The highest BCUT2D eigenvalue weighted by Gasteiger charge is 2.15. The van der Waals surface area contributed by atoms with Crippen molar-refractivity contribution in [1.29, 1.82) is 0 Å². The normalized spacial score (nSPS) is 11.1. The van der Waals surface area contributed by atoms with Crippen LogP contribution in [0, 0.1) is 0 Å². The standard InChI is InChI=1S/C18H22N4O4S/c1-13(2)21-17(23)9-12-20-18(24)14-3-5-16(6-4-14)27(25,26)22-15-7-10-19-11-8-15/h3-8,10-11,13H,9,12H2,1-2H3,(H,19,22)(H,20,24)(H,21,23). The van der Waals surface area contributed by atoms with Crippen molar-refractivity contribution >= 4 is 27.5 Å². The molecule has 0 unspecified atom stereocenters. The molecule has 0 aliphatic heterocycles. The molecule has 0 fully saturated rings. The molecular weight excluding hydrogens is 368 g/mol. The summed E-state index contributed by atoms with van der Waals surface area (Å²) in [6.07, 6.45) is 3.13. The van der Waals surface area contributed by atoms with E-state index >= 15 is 0 Å². The minimum atomic E-state index is -3.76. The van der Waals surface area contributed by atoms with Gasteiger partial charge in [-0.05, 0) is 50.2 Å². The third kappa shape index (κ3) is 6.37. The summed E-state index contributed by atoms with van der Waals surface area (Å²) >= 11 is 0.